The Kier molecular flexibility index (Phi) is 6.48. The van der Waals surface area contributed by atoms with Gasteiger partial charge in [-0.2, -0.15) is 5.10 Å². The van der Waals surface area contributed by atoms with Crippen LogP contribution in [0.1, 0.15) is 37.9 Å². The van der Waals surface area contributed by atoms with Gasteiger partial charge in [-0.1, -0.05) is 30.3 Å². The summed E-state index contributed by atoms with van der Waals surface area (Å²) in [6, 6.07) is 9.88. The molecule has 138 valence electrons. The fourth-order valence-corrected chi connectivity index (χ4v) is 2.41. The molecule has 8 nitrogen and oxygen atoms in total. The van der Waals surface area contributed by atoms with E-state index in [-0.39, 0.29) is 12.5 Å². The van der Waals surface area contributed by atoms with Crippen molar-refractivity contribution in [2.75, 3.05) is 12.4 Å². The number of rotatable bonds is 6. The van der Waals surface area contributed by atoms with E-state index in [4.69, 9.17) is 0 Å². The van der Waals surface area contributed by atoms with Crippen LogP contribution in [0.3, 0.4) is 0 Å². The molecule has 8 heteroatoms. The SMILES string of the molecule is COC(=O)CC(NC(=O)C(=O)Nc1ccnn1C(C)C)c1ccccc1. The number of anilines is 1. The van der Waals surface area contributed by atoms with E-state index in [1.54, 1.807) is 35.0 Å². The Balaban J connectivity index is 2.09. The Bertz CT molecular complexity index is 771. The first-order chi connectivity index (χ1) is 12.4. The van der Waals surface area contributed by atoms with E-state index in [2.05, 4.69) is 20.5 Å². The second-order valence-electron chi connectivity index (χ2n) is 5.93. The summed E-state index contributed by atoms with van der Waals surface area (Å²) in [6.45, 7) is 3.81. The Labute approximate surface area is 151 Å². The summed E-state index contributed by atoms with van der Waals surface area (Å²) in [5, 5.41) is 9.20. The average Bonchev–Trinajstić information content (AvgIpc) is 3.10. The van der Waals surface area contributed by atoms with Gasteiger partial charge in [-0.25, -0.2) is 4.68 Å². The number of hydrogen-bond acceptors (Lipinski definition) is 5. The molecule has 2 N–H and O–H groups in total. The quantitative estimate of drug-likeness (QED) is 0.606. The first-order valence-corrected chi connectivity index (χ1v) is 8.19. The van der Waals surface area contributed by atoms with Crippen molar-refractivity contribution in [2.24, 2.45) is 0 Å². The van der Waals surface area contributed by atoms with Crippen molar-refractivity contribution in [3.63, 3.8) is 0 Å². The largest absolute Gasteiger partial charge is 0.469 e. The first kappa shape index (κ1) is 19.2. The van der Waals surface area contributed by atoms with E-state index in [1.165, 1.54) is 13.3 Å². The molecule has 26 heavy (non-hydrogen) atoms. The molecule has 1 unspecified atom stereocenters. The van der Waals surface area contributed by atoms with Crippen molar-refractivity contribution >= 4 is 23.6 Å². The molecule has 1 heterocycles. The minimum absolute atomic E-state index is 0.0275. The lowest BCUT2D eigenvalue weighted by Gasteiger charge is -2.18. The molecule has 2 rings (SSSR count). The van der Waals surface area contributed by atoms with Crippen LogP contribution >= 0.6 is 0 Å². The molecule has 1 aromatic carbocycles. The van der Waals surface area contributed by atoms with Crippen molar-refractivity contribution in [1.29, 1.82) is 0 Å². The molecule has 1 atom stereocenters. The molecule has 0 aliphatic rings. The van der Waals surface area contributed by atoms with Crippen molar-refractivity contribution in [1.82, 2.24) is 15.1 Å². The number of aromatic nitrogens is 2. The van der Waals surface area contributed by atoms with E-state index < -0.39 is 23.8 Å². The Morgan fingerprint density at radius 1 is 1.12 bits per heavy atom. The smallest absolute Gasteiger partial charge is 0.314 e. The fourth-order valence-electron chi connectivity index (χ4n) is 2.41. The third-order valence-corrected chi connectivity index (χ3v) is 3.71. The van der Waals surface area contributed by atoms with Crippen LogP contribution in [0.2, 0.25) is 0 Å². The molecule has 0 radical (unpaired) electrons. The highest BCUT2D eigenvalue weighted by atomic mass is 16.5. The van der Waals surface area contributed by atoms with Gasteiger partial charge in [0.1, 0.15) is 5.82 Å². The Morgan fingerprint density at radius 3 is 2.42 bits per heavy atom. The van der Waals surface area contributed by atoms with E-state index >= 15 is 0 Å². The predicted molar refractivity (Wildman–Crippen MR) is 95.2 cm³/mol. The van der Waals surface area contributed by atoms with Gasteiger partial charge in [0.2, 0.25) is 0 Å². The summed E-state index contributed by atoms with van der Waals surface area (Å²) < 4.78 is 6.26. The molecule has 1 aromatic heterocycles. The van der Waals surface area contributed by atoms with Gasteiger partial charge >= 0.3 is 17.8 Å². The fraction of sp³-hybridized carbons (Fsp3) is 0.333. The lowest BCUT2D eigenvalue weighted by molar-refractivity contribution is -0.142. The van der Waals surface area contributed by atoms with Crippen LogP contribution in [0.5, 0.6) is 0 Å². The Hall–Kier alpha value is -3.16. The van der Waals surface area contributed by atoms with Gasteiger partial charge < -0.3 is 15.4 Å². The molecule has 0 spiro atoms. The molecule has 0 aliphatic carbocycles. The third kappa shape index (κ3) is 4.92. The second kappa shape index (κ2) is 8.80. The number of carbonyl (C=O) groups is 3. The number of methoxy groups -OCH3 is 1. The number of ether oxygens (including phenoxy) is 1. The zero-order chi connectivity index (χ0) is 19.1. The van der Waals surface area contributed by atoms with E-state index in [0.717, 1.165) is 0 Å². The van der Waals surface area contributed by atoms with Gasteiger partial charge in [0.15, 0.2) is 0 Å². The summed E-state index contributed by atoms with van der Waals surface area (Å²) in [5.74, 6) is -1.75. The maximum absolute atomic E-state index is 12.3. The summed E-state index contributed by atoms with van der Waals surface area (Å²) in [4.78, 5) is 36.2. The van der Waals surface area contributed by atoms with Gasteiger partial charge in [0, 0.05) is 12.1 Å². The van der Waals surface area contributed by atoms with Crippen LogP contribution in [0.25, 0.3) is 0 Å². The lowest BCUT2D eigenvalue weighted by atomic mass is 10.0. The third-order valence-electron chi connectivity index (χ3n) is 3.71. The minimum Gasteiger partial charge on any atom is -0.469 e. The molecule has 2 aromatic rings. The van der Waals surface area contributed by atoms with E-state index in [9.17, 15) is 14.4 Å². The molecular formula is C18H22N4O4. The lowest BCUT2D eigenvalue weighted by Crippen LogP contribution is -2.39. The normalized spacial score (nSPS) is 11.7. The summed E-state index contributed by atoms with van der Waals surface area (Å²) in [5.41, 5.74) is 0.700. The van der Waals surface area contributed by atoms with E-state index in [0.29, 0.717) is 11.4 Å². The molecule has 0 saturated heterocycles. The molecular weight excluding hydrogens is 336 g/mol. The van der Waals surface area contributed by atoms with Crippen LogP contribution < -0.4 is 10.6 Å². The van der Waals surface area contributed by atoms with Crippen LogP contribution in [0.15, 0.2) is 42.6 Å². The van der Waals surface area contributed by atoms with Gasteiger partial charge in [-0.3, -0.25) is 14.4 Å². The summed E-state index contributed by atoms with van der Waals surface area (Å²) in [6.07, 6.45) is 1.46. The highest BCUT2D eigenvalue weighted by molar-refractivity contribution is 6.39. The monoisotopic (exact) mass is 358 g/mol. The standard InChI is InChI=1S/C18H22N4O4/c1-12(2)22-15(9-10-19-22)21-18(25)17(24)20-14(11-16(23)26-3)13-7-5-4-6-8-13/h4-10,12,14H,11H2,1-3H3,(H,20,24)(H,21,25). The minimum atomic E-state index is -0.848. The molecule has 2 amide bonds. The summed E-state index contributed by atoms with van der Waals surface area (Å²) in [7, 11) is 1.27. The predicted octanol–water partition coefficient (Wildman–Crippen LogP) is 1.82. The average molecular weight is 358 g/mol. The summed E-state index contributed by atoms with van der Waals surface area (Å²) >= 11 is 0. The number of hydrogen-bond donors (Lipinski definition) is 2. The second-order valence-corrected chi connectivity index (χ2v) is 5.93. The number of esters is 1. The van der Waals surface area contributed by atoms with Crippen LogP contribution in [-0.2, 0) is 19.1 Å². The Morgan fingerprint density at radius 2 is 1.81 bits per heavy atom. The number of carbonyl (C=O) groups excluding carboxylic acids is 3. The number of nitrogens with one attached hydrogen (secondary N) is 2. The van der Waals surface area contributed by atoms with Gasteiger partial charge in [-0.15, -0.1) is 0 Å². The van der Waals surface area contributed by atoms with Crippen molar-refractivity contribution in [3.05, 3.63) is 48.2 Å². The molecule has 0 fully saturated rings. The van der Waals surface area contributed by atoms with Gasteiger partial charge in [0.25, 0.3) is 0 Å². The molecule has 0 aliphatic heterocycles. The molecule has 0 saturated carbocycles. The zero-order valence-corrected chi connectivity index (χ0v) is 14.9. The van der Waals surface area contributed by atoms with Crippen molar-refractivity contribution in [2.45, 2.75) is 32.4 Å². The maximum Gasteiger partial charge on any atom is 0.314 e. The van der Waals surface area contributed by atoms with Crippen LogP contribution in [0.4, 0.5) is 5.82 Å². The van der Waals surface area contributed by atoms with Gasteiger partial charge in [-0.05, 0) is 19.4 Å². The van der Waals surface area contributed by atoms with Gasteiger partial charge in [0.05, 0.1) is 25.8 Å². The number of nitrogens with zero attached hydrogens (tertiary/aromatic N) is 2. The van der Waals surface area contributed by atoms with Crippen molar-refractivity contribution < 1.29 is 19.1 Å². The van der Waals surface area contributed by atoms with Crippen molar-refractivity contribution in [3.8, 4) is 0 Å². The zero-order valence-electron chi connectivity index (χ0n) is 14.9. The van der Waals surface area contributed by atoms with Crippen LogP contribution in [-0.4, -0.2) is 34.7 Å². The number of benzene rings is 1. The molecule has 0 bridgehead atoms. The van der Waals surface area contributed by atoms with E-state index in [1.807, 2.05) is 19.9 Å². The topological polar surface area (TPSA) is 102 Å². The number of amides is 2. The highest BCUT2D eigenvalue weighted by Crippen LogP contribution is 2.17. The maximum atomic E-state index is 12.3. The highest BCUT2D eigenvalue weighted by Gasteiger charge is 2.23. The first-order valence-electron chi connectivity index (χ1n) is 8.19. The van der Waals surface area contributed by atoms with Crippen LogP contribution in [0, 0.1) is 0 Å².